The highest BCUT2D eigenvalue weighted by atomic mass is 32.2. The van der Waals surface area contributed by atoms with Crippen LogP contribution in [0.1, 0.15) is 0 Å². The second-order valence-electron chi connectivity index (χ2n) is 4.51. The lowest BCUT2D eigenvalue weighted by atomic mass is 10.3. The molecule has 3 rings (SSSR count). The topological polar surface area (TPSA) is 28.2 Å². The van der Waals surface area contributed by atoms with Crippen LogP contribution in [0.25, 0.3) is 10.2 Å². The van der Waals surface area contributed by atoms with Crippen molar-refractivity contribution >= 4 is 38.4 Å². The van der Waals surface area contributed by atoms with E-state index in [0.717, 1.165) is 28.4 Å². The molecule has 0 atom stereocenters. The van der Waals surface area contributed by atoms with Gasteiger partial charge in [0.05, 0.1) is 10.2 Å². The summed E-state index contributed by atoms with van der Waals surface area (Å²) in [5, 5.41) is 4.22. The van der Waals surface area contributed by atoms with Crippen LogP contribution in [0.3, 0.4) is 0 Å². The highest BCUT2D eigenvalue weighted by molar-refractivity contribution is 7.99. The molecule has 1 fully saturated rings. The third kappa shape index (κ3) is 3.38. The van der Waals surface area contributed by atoms with E-state index >= 15 is 0 Å². The zero-order chi connectivity index (χ0) is 13.1. The molecule has 0 unspecified atom stereocenters. The van der Waals surface area contributed by atoms with E-state index < -0.39 is 0 Å². The Hall–Kier alpha value is -0.850. The highest BCUT2D eigenvalue weighted by Gasteiger charge is 2.10. The van der Waals surface area contributed by atoms with Crippen molar-refractivity contribution in [1.82, 2.24) is 9.88 Å². The van der Waals surface area contributed by atoms with E-state index in [1.54, 1.807) is 17.4 Å². The number of thioether (sulfide) groups is 1. The van der Waals surface area contributed by atoms with Gasteiger partial charge in [0.25, 0.3) is 0 Å². The number of rotatable bonds is 4. The second-order valence-corrected chi connectivity index (χ2v) is 6.77. The van der Waals surface area contributed by atoms with Crippen molar-refractivity contribution in [2.24, 2.45) is 0 Å². The van der Waals surface area contributed by atoms with Gasteiger partial charge in [-0.1, -0.05) is 11.3 Å². The van der Waals surface area contributed by atoms with Crippen molar-refractivity contribution in [3.63, 3.8) is 0 Å². The summed E-state index contributed by atoms with van der Waals surface area (Å²) >= 11 is 3.61. The van der Waals surface area contributed by atoms with Gasteiger partial charge in [0.2, 0.25) is 0 Å². The summed E-state index contributed by atoms with van der Waals surface area (Å²) < 4.78 is 14.1. The van der Waals surface area contributed by atoms with Crippen LogP contribution in [0, 0.1) is 5.82 Å². The zero-order valence-corrected chi connectivity index (χ0v) is 12.2. The van der Waals surface area contributed by atoms with Crippen LogP contribution in [0.2, 0.25) is 0 Å². The Labute approximate surface area is 120 Å². The predicted molar refractivity (Wildman–Crippen MR) is 81.8 cm³/mol. The van der Waals surface area contributed by atoms with E-state index in [1.165, 1.54) is 36.7 Å². The minimum Gasteiger partial charge on any atom is -0.360 e. The van der Waals surface area contributed by atoms with Gasteiger partial charge in [0.1, 0.15) is 5.82 Å². The molecule has 0 spiro atoms. The van der Waals surface area contributed by atoms with Crippen LogP contribution in [-0.2, 0) is 0 Å². The van der Waals surface area contributed by atoms with Crippen molar-refractivity contribution in [3.8, 4) is 0 Å². The van der Waals surface area contributed by atoms with Gasteiger partial charge in [-0.25, -0.2) is 9.37 Å². The smallest absolute Gasteiger partial charge is 0.183 e. The fourth-order valence-electron chi connectivity index (χ4n) is 2.12. The molecule has 0 bridgehead atoms. The molecule has 1 N–H and O–H groups in total. The van der Waals surface area contributed by atoms with Crippen LogP contribution in [0.4, 0.5) is 9.52 Å². The molecule has 2 aromatic rings. The largest absolute Gasteiger partial charge is 0.360 e. The fourth-order valence-corrected chi connectivity index (χ4v) is 3.97. The van der Waals surface area contributed by atoms with Crippen LogP contribution >= 0.6 is 23.1 Å². The first-order valence-corrected chi connectivity index (χ1v) is 8.38. The van der Waals surface area contributed by atoms with Gasteiger partial charge >= 0.3 is 0 Å². The molecule has 3 nitrogen and oxygen atoms in total. The Kier molecular flexibility index (Phi) is 4.20. The number of anilines is 1. The minimum absolute atomic E-state index is 0.227. The maximum atomic E-state index is 13.1. The lowest BCUT2D eigenvalue weighted by Crippen LogP contribution is -2.36. The molecule has 19 heavy (non-hydrogen) atoms. The first-order valence-electron chi connectivity index (χ1n) is 6.41. The zero-order valence-electron chi connectivity index (χ0n) is 10.6. The summed E-state index contributed by atoms with van der Waals surface area (Å²) in [6, 6.07) is 4.75. The summed E-state index contributed by atoms with van der Waals surface area (Å²) in [6.45, 7) is 4.30. The van der Waals surface area contributed by atoms with Gasteiger partial charge in [-0.15, -0.1) is 0 Å². The molecular formula is C13H16FN3S2. The molecule has 6 heteroatoms. The lowest BCUT2D eigenvalue weighted by molar-refractivity contribution is 0.314. The summed E-state index contributed by atoms with van der Waals surface area (Å²) in [5.41, 5.74) is 0.738. The van der Waals surface area contributed by atoms with E-state index in [-0.39, 0.29) is 5.82 Å². The molecule has 2 heterocycles. The van der Waals surface area contributed by atoms with Gasteiger partial charge in [-0.3, -0.25) is 4.90 Å². The standard InChI is InChI=1S/C13H16FN3S2/c14-10-1-2-12-11(9-10)16-13(19-12)15-3-4-17-5-7-18-8-6-17/h1-2,9H,3-8H2,(H,15,16). The van der Waals surface area contributed by atoms with E-state index in [2.05, 4.69) is 15.2 Å². The molecule has 0 amide bonds. The summed E-state index contributed by atoms with van der Waals surface area (Å²) in [4.78, 5) is 6.87. The van der Waals surface area contributed by atoms with Crippen LogP contribution in [0.5, 0.6) is 0 Å². The van der Waals surface area contributed by atoms with Gasteiger partial charge < -0.3 is 5.32 Å². The Balaban J connectivity index is 1.56. The first-order chi connectivity index (χ1) is 9.31. The first kappa shape index (κ1) is 13.1. The van der Waals surface area contributed by atoms with Crippen molar-refractivity contribution < 1.29 is 4.39 Å². The van der Waals surface area contributed by atoms with Gasteiger partial charge in [0.15, 0.2) is 5.13 Å². The highest BCUT2D eigenvalue weighted by Crippen LogP contribution is 2.26. The quantitative estimate of drug-likeness (QED) is 0.939. The molecule has 1 aromatic heterocycles. The predicted octanol–water partition coefficient (Wildman–Crippen LogP) is 2.90. The van der Waals surface area contributed by atoms with Gasteiger partial charge in [-0.2, -0.15) is 11.8 Å². The van der Waals surface area contributed by atoms with Crippen molar-refractivity contribution in [3.05, 3.63) is 24.0 Å². The summed E-state index contributed by atoms with van der Waals surface area (Å²) in [6.07, 6.45) is 0. The Bertz CT molecular complexity index is 552. The number of hydrogen-bond donors (Lipinski definition) is 1. The minimum atomic E-state index is -0.227. The SMILES string of the molecule is Fc1ccc2sc(NCCN3CCSCC3)nc2c1. The number of hydrogen-bond acceptors (Lipinski definition) is 5. The van der Waals surface area contributed by atoms with E-state index in [0.29, 0.717) is 0 Å². The fraction of sp³-hybridized carbons (Fsp3) is 0.462. The third-order valence-corrected chi connectivity index (χ3v) is 5.09. The maximum Gasteiger partial charge on any atom is 0.183 e. The van der Waals surface area contributed by atoms with Gasteiger partial charge in [0, 0.05) is 43.8 Å². The number of fused-ring (bicyclic) bond motifs is 1. The van der Waals surface area contributed by atoms with Crippen molar-refractivity contribution in [1.29, 1.82) is 0 Å². The summed E-state index contributed by atoms with van der Waals surface area (Å²) in [5.74, 6) is 2.25. The van der Waals surface area contributed by atoms with E-state index in [4.69, 9.17) is 0 Å². The second kappa shape index (κ2) is 6.07. The average molecular weight is 297 g/mol. The molecule has 0 radical (unpaired) electrons. The molecular weight excluding hydrogens is 281 g/mol. The normalized spacial score (nSPS) is 16.9. The molecule has 0 aliphatic carbocycles. The van der Waals surface area contributed by atoms with Gasteiger partial charge in [-0.05, 0) is 12.1 Å². The molecule has 1 aliphatic rings. The van der Waals surface area contributed by atoms with Crippen molar-refractivity contribution in [2.75, 3.05) is 43.0 Å². The average Bonchev–Trinajstić information content (AvgIpc) is 2.82. The van der Waals surface area contributed by atoms with Crippen LogP contribution in [-0.4, -0.2) is 47.6 Å². The molecule has 0 saturated carbocycles. The molecule has 1 saturated heterocycles. The monoisotopic (exact) mass is 297 g/mol. The number of nitrogens with one attached hydrogen (secondary N) is 1. The maximum absolute atomic E-state index is 13.1. The number of aromatic nitrogens is 1. The van der Waals surface area contributed by atoms with Crippen molar-refractivity contribution in [2.45, 2.75) is 0 Å². The van der Waals surface area contributed by atoms with E-state index in [9.17, 15) is 4.39 Å². The Morgan fingerprint density at radius 1 is 1.32 bits per heavy atom. The summed E-state index contributed by atoms with van der Waals surface area (Å²) in [7, 11) is 0. The molecule has 102 valence electrons. The number of halogens is 1. The molecule has 1 aliphatic heterocycles. The third-order valence-electron chi connectivity index (χ3n) is 3.16. The van der Waals surface area contributed by atoms with Crippen LogP contribution < -0.4 is 5.32 Å². The molecule has 1 aromatic carbocycles. The number of nitrogens with zero attached hydrogens (tertiary/aromatic N) is 2. The lowest BCUT2D eigenvalue weighted by Gasteiger charge is -2.25. The Morgan fingerprint density at radius 2 is 2.16 bits per heavy atom. The number of benzene rings is 1. The Morgan fingerprint density at radius 3 is 3.00 bits per heavy atom. The van der Waals surface area contributed by atoms with Crippen LogP contribution in [0.15, 0.2) is 18.2 Å². The number of thiazole rings is 1. The van der Waals surface area contributed by atoms with E-state index in [1.807, 2.05) is 11.8 Å².